The zero-order valence-corrected chi connectivity index (χ0v) is 19.0. The highest BCUT2D eigenvalue weighted by atomic mass is 32.2. The van der Waals surface area contributed by atoms with Gasteiger partial charge in [0.15, 0.2) is 6.61 Å². The summed E-state index contributed by atoms with van der Waals surface area (Å²) in [7, 11) is -2.23. The van der Waals surface area contributed by atoms with Gasteiger partial charge < -0.3 is 14.8 Å². The molecule has 0 unspecified atom stereocenters. The molecule has 3 aromatic carbocycles. The van der Waals surface area contributed by atoms with Crippen molar-refractivity contribution in [2.75, 3.05) is 18.4 Å². The molecule has 0 aromatic heterocycles. The quantitative estimate of drug-likeness (QED) is 0.509. The molecule has 0 heterocycles. The Hall–Kier alpha value is -3.52. The zero-order chi connectivity index (χ0) is 23.1. The summed E-state index contributed by atoms with van der Waals surface area (Å²) in [5.41, 5.74) is 2.02. The van der Waals surface area contributed by atoms with Crippen molar-refractivity contribution in [3.8, 4) is 11.5 Å². The van der Waals surface area contributed by atoms with Crippen molar-refractivity contribution in [1.82, 2.24) is 5.32 Å². The molecule has 2 N–H and O–H groups in total. The predicted octanol–water partition coefficient (Wildman–Crippen LogP) is 4.06. The summed E-state index contributed by atoms with van der Waals surface area (Å²) in [5, 5.41) is 2.88. The summed E-state index contributed by atoms with van der Waals surface area (Å²) in [4.78, 5) is 12.3. The molecule has 1 amide bonds. The maximum atomic E-state index is 12.7. The van der Waals surface area contributed by atoms with Gasteiger partial charge in [-0.15, -0.1) is 0 Å². The number of rotatable bonds is 9. The summed E-state index contributed by atoms with van der Waals surface area (Å²) in [6.45, 7) is 3.45. The standard InChI is InChI=1S/C24H26N2O5S/c1-17-15-22(32(28,29)26-20-9-11-21(30-3)12-10-20)13-14-23(17)31-16-24(27)25-18(2)19-7-5-4-6-8-19/h4-15,18,26H,16H2,1-3H3,(H,25,27)/t18-/m1/s1. The van der Waals surface area contributed by atoms with Crippen LogP contribution in [0.4, 0.5) is 5.69 Å². The normalized spacial score (nSPS) is 12.0. The van der Waals surface area contributed by atoms with Gasteiger partial charge in [0.1, 0.15) is 11.5 Å². The molecule has 1 atom stereocenters. The minimum Gasteiger partial charge on any atom is -0.497 e. The molecule has 0 aliphatic carbocycles. The van der Waals surface area contributed by atoms with Crippen molar-refractivity contribution in [2.24, 2.45) is 0 Å². The second-order valence-corrected chi connectivity index (χ2v) is 8.93. The first kappa shape index (κ1) is 23.1. The molecule has 168 valence electrons. The Morgan fingerprint density at radius 2 is 1.69 bits per heavy atom. The number of carbonyl (C=O) groups is 1. The average Bonchev–Trinajstić information content (AvgIpc) is 2.79. The lowest BCUT2D eigenvalue weighted by molar-refractivity contribution is -0.123. The van der Waals surface area contributed by atoms with Gasteiger partial charge >= 0.3 is 0 Å². The Bertz CT molecular complexity index is 1160. The molecule has 0 aliphatic rings. The molecular weight excluding hydrogens is 428 g/mol. The number of sulfonamides is 1. The van der Waals surface area contributed by atoms with Crippen LogP contribution in [0.15, 0.2) is 77.7 Å². The maximum Gasteiger partial charge on any atom is 0.261 e. The van der Waals surface area contributed by atoms with E-state index in [9.17, 15) is 13.2 Å². The lowest BCUT2D eigenvalue weighted by Gasteiger charge is -2.15. The second-order valence-electron chi connectivity index (χ2n) is 7.25. The van der Waals surface area contributed by atoms with Crippen molar-refractivity contribution < 1.29 is 22.7 Å². The molecule has 8 heteroatoms. The molecule has 0 saturated carbocycles. The summed E-state index contributed by atoms with van der Waals surface area (Å²) < 4.78 is 38.6. The van der Waals surface area contributed by atoms with Gasteiger partial charge in [0.2, 0.25) is 0 Å². The van der Waals surface area contributed by atoms with Crippen molar-refractivity contribution in [1.29, 1.82) is 0 Å². The minimum absolute atomic E-state index is 0.0975. The number of benzene rings is 3. The van der Waals surface area contributed by atoms with Crippen LogP contribution in [-0.4, -0.2) is 28.0 Å². The molecular formula is C24H26N2O5S. The van der Waals surface area contributed by atoms with Crippen molar-refractivity contribution in [2.45, 2.75) is 24.8 Å². The number of methoxy groups -OCH3 is 1. The molecule has 0 bridgehead atoms. The summed E-state index contributed by atoms with van der Waals surface area (Å²) in [6, 6.07) is 20.6. The van der Waals surface area contributed by atoms with E-state index in [4.69, 9.17) is 9.47 Å². The van der Waals surface area contributed by atoms with Crippen LogP contribution >= 0.6 is 0 Å². The Morgan fingerprint density at radius 1 is 1.00 bits per heavy atom. The molecule has 0 radical (unpaired) electrons. The Kier molecular flexibility index (Phi) is 7.37. The SMILES string of the molecule is COc1ccc(NS(=O)(=O)c2ccc(OCC(=O)N[C@H](C)c3ccccc3)c(C)c2)cc1. The fourth-order valence-electron chi connectivity index (χ4n) is 3.08. The first-order valence-electron chi connectivity index (χ1n) is 10.0. The third-order valence-corrected chi connectivity index (χ3v) is 6.21. The predicted molar refractivity (Wildman–Crippen MR) is 123 cm³/mol. The van der Waals surface area contributed by atoms with Crippen LogP contribution in [0.2, 0.25) is 0 Å². The Labute approximate surface area is 188 Å². The average molecular weight is 455 g/mol. The van der Waals surface area contributed by atoms with Gasteiger partial charge in [0.25, 0.3) is 15.9 Å². The van der Waals surface area contributed by atoms with Crippen LogP contribution in [-0.2, 0) is 14.8 Å². The number of amides is 1. The number of aryl methyl sites for hydroxylation is 1. The number of nitrogens with one attached hydrogen (secondary N) is 2. The topological polar surface area (TPSA) is 93.7 Å². The van der Waals surface area contributed by atoms with Crippen LogP contribution < -0.4 is 19.5 Å². The van der Waals surface area contributed by atoms with Gasteiger partial charge in [0, 0.05) is 5.69 Å². The van der Waals surface area contributed by atoms with Crippen LogP contribution in [0.25, 0.3) is 0 Å². The van der Waals surface area contributed by atoms with Crippen LogP contribution in [0.3, 0.4) is 0 Å². The number of ether oxygens (including phenoxy) is 2. The first-order valence-corrected chi connectivity index (χ1v) is 11.5. The molecule has 3 rings (SSSR count). The number of anilines is 1. The van der Waals surface area contributed by atoms with E-state index in [1.54, 1.807) is 44.4 Å². The van der Waals surface area contributed by atoms with Gasteiger partial charge in [0.05, 0.1) is 18.0 Å². The zero-order valence-electron chi connectivity index (χ0n) is 18.2. The van der Waals surface area contributed by atoms with E-state index in [1.807, 2.05) is 37.3 Å². The van der Waals surface area contributed by atoms with Crippen LogP contribution in [0.5, 0.6) is 11.5 Å². The van der Waals surface area contributed by atoms with Gasteiger partial charge in [-0.1, -0.05) is 30.3 Å². The van der Waals surface area contributed by atoms with Gasteiger partial charge in [-0.2, -0.15) is 0 Å². The van der Waals surface area contributed by atoms with Gasteiger partial charge in [-0.3, -0.25) is 9.52 Å². The number of carbonyl (C=O) groups excluding carboxylic acids is 1. The molecule has 32 heavy (non-hydrogen) atoms. The van der Waals surface area contributed by atoms with E-state index in [0.717, 1.165) is 5.56 Å². The van der Waals surface area contributed by atoms with E-state index in [2.05, 4.69) is 10.0 Å². The fraction of sp³-hybridized carbons (Fsp3) is 0.208. The molecule has 0 fully saturated rings. The molecule has 0 aliphatic heterocycles. The van der Waals surface area contributed by atoms with Gasteiger partial charge in [-0.25, -0.2) is 8.42 Å². The highest BCUT2D eigenvalue weighted by Crippen LogP contribution is 2.24. The van der Waals surface area contributed by atoms with E-state index in [1.165, 1.54) is 12.1 Å². The lowest BCUT2D eigenvalue weighted by Crippen LogP contribution is -2.31. The summed E-state index contributed by atoms with van der Waals surface area (Å²) in [6.07, 6.45) is 0. The Balaban J connectivity index is 1.60. The summed E-state index contributed by atoms with van der Waals surface area (Å²) in [5.74, 6) is 0.807. The summed E-state index contributed by atoms with van der Waals surface area (Å²) >= 11 is 0. The number of hydrogen-bond donors (Lipinski definition) is 2. The van der Waals surface area contributed by atoms with E-state index < -0.39 is 10.0 Å². The third kappa shape index (κ3) is 6.01. The van der Waals surface area contributed by atoms with E-state index >= 15 is 0 Å². The molecule has 3 aromatic rings. The largest absolute Gasteiger partial charge is 0.497 e. The minimum atomic E-state index is -3.78. The fourth-order valence-corrected chi connectivity index (χ4v) is 4.22. The van der Waals surface area contributed by atoms with Crippen molar-refractivity contribution >= 4 is 21.6 Å². The highest BCUT2D eigenvalue weighted by Gasteiger charge is 2.17. The van der Waals surface area contributed by atoms with E-state index in [0.29, 0.717) is 22.7 Å². The molecule has 7 nitrogen and oxygen atoms in total. The van der Waals surface area contributed by atoms with Gasteiger partial charge in [-0.05, 0) is 67.4 Å². The molecule has 0 saturated heterocycles. The Morgan fingerprint density at radius 3 is 2.31 bits per heavy atom. The van der Waals surface area contributed by atoms with Crippen LogP contribution in [0, 0.1) is 6.92 Å². The van der Waals surface area contributed by atoms with Crippen LogP contribution in [0.1, 0.15) is 24.1 Å². The monoisotopic (exact) mass is 454 g/mol. The highest BCUT2D eigenvalue weighted by molar-refractivity contribution is 7.92. The maximum absolute atomic E-state index is 12.7. The molecule has 0 spiro atoms. The smallest absolute Gasteiger partial charge is 0.261 e. The van der Waals surface area contributed by atoms with Crippen molar-refractivity contribution in [3.63, 3.8) is 0 Å². The third-order valence-electron chi connectivity index (χ3n) is 4.83. The lowest BCUT2D eigenvalue weighted by atomic mass is 10.1. The van der Waals surface area contributed by atoms with E-state index in [-0.39, 0.29) is 23.5 Å². The second kappa shape index (κ2) is 10.2. The first-order chi connectivity index (χ1) is 15.3. The van der Waals surface area contributed by atoms with Crippen molar-refractivity contribution in [3.05, 3.63) is 83.9 Å². The number of hydrogen-bond acceptors (Lipinski definition) is 5.